The highest BCUT2D eigenvalue weighted by molar-refractivity contribution is 7.37. The number of nitrogens with zero attached hydrogens (tertiary/aromatic N) is 4. The molecule has 6 aromatic carbocycles. The maximum absolute atomic E-state index is 15.5. The summed E-state index contributed by atoms with van der Waals surface area (Å²) in [5, 5.41) is 42.6. The molecule has 620 valence electrons. The van der Waals surface area contributed by atoms with Gasteiger partial charge in [-0.1, -0.05) is 254 Å². The number of Topliss-reactive ketones (excluding diaryl/α,β-unsaturated/α-hetero) is 2. The zero-order valence-electron chi connectivity index (χ0n) is 70.5. The number of unbranched alkanes of at least 4 members (excludes halogenated alkanes) is 18. The largest absolute Gasteiger partial charge is 0.289 e. The number of carbonyl (C=O) groups excluding carboxylic acids is 2. The number of aryl methyl sites for hydroxylation is 6. The van der Waals surface area contributed by atoms with E-state index >= 15 is 27.2 Å². The smallest absolute Gasteiger partial charge is 0.194 e. The molecule has 0 radical (unpaired) electrons. The molecule has 0 amide bonds. The number of nitriles is 4. The number of allylic oxidation sites excluding steroid dienone is 6. The molecule has 0 N–H and O–H groups in total. The van der Waals surface area contributed by atoms with Gasteiger partial charge in [0.05, 0.1) is 49.1 Å². The van der Waals surface area contributed by atoms with E-state index in [1.54, 1.807) is 22.7 Å². The number of fused-ring (bicyclic) bond motifs is 15. The first-order valence-electron chi connectivity index (χ1n) is 44.4. The van der Waals surface area contributed by atoms with E-state index in [-0.39, 0.29) is 55.7 Å². The van der Waals surface area contributed by atoms with Crippen LogP contribution in [0.15, 0.2) is 144 Å². The van der Waals surface area contributed by atoms with Crippen LogP contribution in [0.4, 0.5) is 17.6 Å². The van der Waals surface area contributed by atoms with E-state index in [0.29, 0.717) is 12.8 Å². The van der Waals surface area contributed by atoms with Gasteiger partial charge in [0.25, 0.3) is 0 Å². The van der Waals surface area contributed by atoms with Crippen LogP contribution in [0.1, 0.15) is 315 Å². The summed E-state index contributed by atoms with van der Waals surface area (Å²) in [4.78, 5) is 36.5. The SMILES string of the molecule is CCCCCCc1ccc(C2(c3ccc(CCCCCC)cc3)c3c(sc4c(CCCCCC)c(/C=C5\C(=O)c6cc(F)c(F)cc6C5=C(C#N)C#N)sc34)-c3sc4c5c(sc4c32)-c2sc3c(CCCCCC)c(/C=C4\C(=O)c6cc(F)c(F)cc6C4=C(C#N)C#N)sc3c2C5(c2ccc(CCCCCC)cc2)c2ccc(CCCCCC)cc2)cc1. The molecule has 16 heteroatoms. The third kappa shape index (κ3) is 15.2. The van der Waals surface area contributed by atoms with Gasteiger partial charge in [-0.2, -0.15) is 21.0 Å². The molecule has 16 rings (SSSR count). The molecule has 6 heterocycles. The monoisotopic (exact) mass is 1730 g/mol. The molecule has 0 spiro atoms. The highest BCUT2D eigenvalue weighted by Gasteiger charge is 2.57. The molecule has 0 atom stereocenters. The van der Waals surface area contributed by atoms with Crippen molar-refractivity contribution in [2.24, 2.45) is 0 Å². The van der Waals surface area contributed by atoms with E-state index in [0.717, 1.165) is 240 Å². The normalized spacial score (nSPS) is 14.6. The van der Waals surface area contributed by atoms with Crippen LogP contribution in [0, 0.1) is 68.6 Å². The second kappa shape index (κ2) is 37.4. The Hall–Kier alpha value is -9.72. The predicted octanol–water partition coefficient (Wildman–Crippen LogP) is 31.7. The van der Waals surface area contributed by atoms with Gasteiger partial charge >= 0.3 is 0 Å². The van der Waals surface area contributed by atoms with E-state index in [1.807, 2.05) is 81.8 Å². The van der Waals surface area contributed by atoms with Gasteiger partial charge in [-0.3, -0.25) is 9.59 Å². The minimum absolute atomic E-state index is 0.00666. The van der Waals surface area contributed by atoms with E-state index in [1.165, 1.54) is 99.1 Å². The third-order valence-electron chi connectivity index (χ3n) is 25.8. The lowest BCUT2D eigenvalue weighted by atomic mass is 9.67. The average molecular weight is 1730 g/mol. The Labute approximate surface area is 739 Å². The van der Waals surface area contributed by atoms with Gasteiger partial charge in [0.15, 0.2) is 34.8 Å². The summed E-state index contributed by atoms with van der Waals surface area (Å²) in [7, 11) is 0. The van der Waals surface area contributed by atoms with Crippen molar-refractivity contribution in [1.29, 1.82) is 21.0 Å². The van der Waals surface area contributed by atoms with Gasteiger partial charge in [0, 0.05) is 74.8 Å². The van der Waals surface area contributed by atoms with Gasteiger partial charge in [-0.05, 0) is 180 Å². The van der Waals surface area contributed by atoms with Crippen LogP contribution in [0.3, 0.4) is 0 Å². The summed E-state index contributed by atoms with van der Waals surface area (Å²) in [5.74, 6) is -5.88. The minimum Gasteiger partial charge on any atom is -0.289 e. The summed E-state index contributed by atoms with van der Waals surface area (Å²) in [6.45, 7) is 13.4. The molecule has 0 bridgehead atoms. The first kappa shape index (κ1) is 85.8. The molecule has 12 aromatic rings. The third-order valence-corrected chi connectivity index (χ3v) is 33.8. The van der Waals surface area contributed by atoms with Crippen molar-refractivity contribution in [3.8, 4) is 43.8 Å². The minimum atomic E-state index is -1.19. The van der Waals surface area contributed by atoms with E-state index in [2.05, 4.69) is 139 Å². The Morgan fingerprint density at radius 3 is 0.803 bits per heavy atom. The van der Waals surface area contributed by atoms with E-state index < -0.39 is 45.7 Å². The van der Waals surface area contributed by atoms with Gasteiger partial charge in [0.2, 0.25) is 0 Å². The van der Waals surface area contributed by atoms with Crippen LogP contribution < -0.4 is 0 Å². The van der Waals surface area contributed by atoms with Crippen LogP contribution in [0.25, 0.3) is 71.0 Å². The number of hydrogen-bond donors (Lipinski definition) is 0. The van der Waals surface area contributed by atoms with Gasteiger partial charge in [0.1, 0.15) is 35.4 Å². The molecular weight excluding hydrogens is 1630 g/mol. The average Bonchev–Trinajstić information content (AvgIpc) is 1.47. The number of halogens is 4. The molecular formula is C106H100F4N4O2S6. The first-order chi connectivity index (χ1) is 59.6. The zero-order valence-corrected chi connectivity index (χ0v) is 75.4. The summed E-state index contributed by atoms with van der Waals surface area (Å²) in [6, 6.07) is 49.9. The van der Waals surface area contributed by atoms with Crippen molar-refractivity contribution in [1.82, 2.24) is 0 Å². The summed E-state index contributed by atoms with van der Waals surface area (Å²) in [6.07, 6.45) is 34.5. The van der Waals surface area contributed by atoms with Crippen molar-refractivity contribution in [3.05, 3.63) is 277 Å². The molecule has 4 aliphatic rings. The highest BCUT2D eigenvalue weighted by Crippen LogP contribution is 2.73. The molecule has 6 nitrogen and oxygen atoms in total. The van der Waals surface area contributed by atoms with Crippen molar-refractivity contribution in [2.75, 3.05) is 0 Å². The molecule has 122 heavy (non-hydrogen) atoms. The Morgan fingerprint density at radius 2 is 0.549 bits per heavy atom. The number of hydrogen-bond acceptors (Lipinski definition) is 12. The molecule has 0 saturated carbocycles. The van der Waals surface area contributed by atoms with Crippen molar-refractivity contribution >= 4 is 131 Å². The standard InChI is InChI=1S/C106H100F4N4O2S6/c1-7-13-19-25-31-63-37-45-69(46-38-63)105(70-47-39-64(40-48-70)32-26-20-14-8-2)89-97-95(73(35-29-23-17-11-5)85(117-97)57-79-87(67(59-111)60-112)75-53-81(107)83(109)55-77(75)93(79)115)119-99(89)101-91(105)103-104(121-101)92-102(122-103)100-90(106(92,71-49-41-65(42-50-71)33-27-21-15-9-3)72-51-43-66(44-52-72)34-28-22-16-10-4)98-96(120-100)74(36-30-24-18-12-6)86(118-98)58-80-88(68(61-113)62-114)76-54-82(108)84(110)56-78(76)94(80)116/h37-58H,7-36H2,1-6H3/b79-57-,80-58-. The first-order valence-corrected chi connectivity index (χ1v) is 49.3. The second-order valence-corrected chi connectivity index (χ2v) is 39.8. The molecule has 6 aromatic heterocycles. The summed E-state index contributed by atoms with van der Waals surface area (Å²) >= 11 is 10.7. The van der Waals surface area contributed by atoms with E-state index in [4.69, 9.17) is 0 Å². The number of ketones is 2. The number of rotatable bonds is 36. The maximum Gasteiger partial charge on any atom is 0.194 e. The second-order valence-electron chi connectivity index (χ2n) is 33.6. The van der Waals surface area contributed by atoms with Crippen molar-refractivity contribution < 1.29 is 27.2 Å². The molecule has 0 saturated heterocycles. The fourth-order valence-electron chi connectivity index (χ4n) is 19.6. The maximum atomic E-state index is 15.5. The number of carbonyl (C=O) groups is 2. The lowest BCUT2D eigenvalue weighted by Gasteiger charge is -2.34. The summed E-state index contributed by atoms with van der Waals surface area (Å²) in [5.41, 5.74) is 13.9. The molecule has 4 aliphatic carbocycles. The Morgan fingerprint density at radius 1 is 0.311 bits per heavy atom. The number of benzene rings is 6. The number of thiophene rings is 6. The van der Waals surface area contributed by atoms with Crippen LogP contribution in [-0.2, 0) is 49.4 Å². The highest BCUT2D eigenvalue weighted by atomic mass is 32.1. The van der Waals surface area contributed by atoms with Crippen LogP contribution in [0.5, 0.6) is 0 Å². The quantitative estimate of drug-likeness (QED) is 0.0166. The predicted molar refractivity (Wildman–Crippen MR) is 502 cm³/mol. The van der Waals surface area contributed by atoms with Crippen LogP contribution >= 0.6 is 68.0 Å². The van der Waals surface area contributed by atoms with E-state index in [9.17, 15) is 21.0 Å². The fourth-order valence-corrected chi connectivity index (χ4v) is 29.0. The Kier molecular flexibility index (Phi) is 26.3. The van der Waals surface area contributed by atoms with Gasteiger partial charge in [-0.15, -0.1) is 68.0 Å². The molecule has 0 fully saturated rings. The Balaban J connectivity index is 1.02. The lowest BCUT2D eigenvalue weighted by Crippen LogP contribution is -2.29. The van der Waals surface area contributed by atoms with Gasteiger partial charge < -0.3 is 0 Å². The van der Waals surface area contributed by atoms with Crippen molar-refractivity contribution in [3.63, 3.8) is 0 Å². The van der Waals surface area contributed by atoms with Crippen LogP contribution in [-0.4, -0.2) is 11.6 Å². The van der Waals surface area contributed by atoms with Crippen molar-refractivity contribution in [2.45, 2.75) is 245 Å². The summed E-state index contributed by atoms with van der Waals surface area (Å²) < 4.78 is 68.7. The fraction of sp³-hybridized carbons (Fsp3) is 0.358. The lowest BCUT2D eigenvalue weighted by molar-refractivity contribution is 0.103. The topological polar surface area (TPSA) is 129 Å². The molecule has 0 aliphatic heterocycles. The van der Waals surface area contributed by atoms with Gasteiger partial charge in [-0.25, -0.2) is 17.6 Å². The molecule has 0 unspecified atom stereocenters. The van der Waals surface area contributed by atoms with Crippen LogP contribution in [0.2, 0.25) is 0 Å². The zero-order chi connectivity index (χ0) is 85.1. The Bertz CT molecular complexity index is 5840.